The molecule has 4 nitrogen and oxygen atoms in total. The Balaban J connectivity index is 1.07. The molecule has 0 bridgehead atoms. The molecule has 0 fully saturated rings. The summed E-state index contributed by atoms with van der Waals surface area (Å²) in [4.78, 5) is 7.07. The number of anilines is 3. The quantitative estimate of drug-likeness (QED) is 0.164. The molecule has 9 aromatic carbocycles. The minimum atomic E-state index is 0.610. The van der Waals surface area contributed by atoms with Gasteiger partial charge in [-0.25, -0.2) is 4.98 Å². The molecule has 0 saturated carbocycles. The van der Waals surface area contributed by atoms with Crippen molar-refractivity contribution >= 4 is 60.9 Å². The normalized spacial score (nSPS) is 11.5. The molecular formula is C53H34N2O2. The van der Waals surface area contributed by atoms with E-state index in [1.807, 2.05) is 24.3 Å². The Hall–Kier alpha value is -7.69. The fourth-order valence-electron chi connectivity index (χ4n) is 8.07. The van der Waals surface area contributed by atoms with Crippen LogP contribution in [0.3, 0.4) is 0 Å². The van der Waals surface area contributed by atoms with Crippen molar-refractivity contribution in [3.8, 4) is 44.8 Å². The smallest absolute Gasteiger partial charge is 0.227 e. The minimum Gasteiger partial charge on any atom is -0.455 e. The number of benzene rings is 9. The lowest BCUT2D eigenvalue weighted by molar-refractivity contribution is 0.620. The first-order chi connectivity index (χ1) is 28.2. The second kappa shape index (κ2) is 13.6. The molecule has 268 valence electrons. The lowest BCUT2D eigenvalue weighted by Gasteiger charge is -2.26. The van der Waals surface area contributed by atoms with Gasteiger partial charge in [0, 0.05) is 38.8 Å². The summed E-state index contributed by atoms with van der Waals surface area (Å²) in [5, 5.41) is 4.35. The number of hydrogen-bond donors (Lipinski definition) is 0. The fourth-order valence-corrected chi connectivity index (χ4v) is 8.07. The predicted molar refractivity (Wildman–Crippen MR) is 235 cm³/mol. The third-order valence-corrected chi connectivity index (χ3v) is 10.9. The molecule has 2 aromatic heterocycles. The molecule has 0 N–H and O–H groups in total. The molecule has 0 aliphatic heterocycles. The maximum absolute atomic E-state index is 6.79. The highest BCUT2D eigenvalue weighted by Crippen LogP contribution is 2.45. The molecule has 11 rings (SSSR count). The van der Waals surface area contributed by atoms with Crippen LogP contribution in [0.1, 0.15) is 0 Å². The summed E-state index contributed by atoms with van der Waals surface area (Å²) in [7, 11) is 0. The van der Waals surface area contributed by atoms with Crippen LogP contribution in [0.25, 0.3) is 88.6 Å². The third kappa shape index (κ3) is 5.83. The summed E-state index contributed by atoms with van der Waals surface area (Å²) in [5.74, 6) is 0.610. The van der Waals surface area contributed by atoms with E-state index in [2.05, 4.69) is 187 Å². The van der Waals surface area contributed by atoms with E-state index in [1.54, 1.807) is 0 Å². The highest BCUT2D eigenvalue weighted by atomic mass is 16.3. The monoisotopic (exact) mass is 730 g/mol. The maximum atomic E-state index is 6.79. The topological polar surface area (TPSA) is 42.4 Å². The van der Waals surface area contributed by atoms with Crippen LogP contribution < -0.4 is 4.90 Å². The first-order valence-corrected chi connectivity index (χ1v) is 19.2. The molecule has 0 radical (unpaired) electrons. The van der Waals surface area contributed by atoms with Gasteiger partial charge in [-0.05, 0) is 112 Å². The van der Waals surface area contributed by atoms with E-state index in [-0.39, 0.29) is 0 Å². The Kier molecular flexibility index (Phi) is 7.78. The number of rotatable bonds is 7. The van der Waals surface area contributed by atoms with Gasteiger partial charge < -0.3 is 13.7 Å². The molecule has 11 aromatic rings. The summed E-state index contributed by atoms with van der Waals surface area (Å²) in [6.45, 7) is 0. The number of oxazole rings is 1. The second-order valence-corrected chi connectivity index (χ2v) is 14.4. The number of nitrogens with zero attached hydrogens (tertiary/aromatic N) is 2. The minimum absolute atomic E-state index is 0.610. The van der Waals surface area contributed by atoms with Gasteiger partial charge >= 0.3 is 0 Å². The van der Waals surface area contributed by atoms with Crippen LogP contribution in [0.15, 0.2) is 215 Å². The van der Waals surface area contributed by atoms with Crippen molar-refractivity contribution in [2.75, 3.05) is 4.90 Å². The number of para-hydroxylation sites is 2. The van der Waals surface area contributed by atoms with Crippen molar-refractivity contribution in [1.29, 1.82) is 0 Å². The van der Waals surface area contributed by atoms with Crippen LogP contribution in [0.4, 0.5) is 17.1 Å². The van der Waals surface area contributed by atoms with Crippen LogP contribution in [0.5, 0.6) is 0 Å². The van der Waals surface area contributed by atoms with Gasteiger partial charge in [0.1, 0.15) is 16.7 Å². The van der Waals surface area contributed by atoms with E-state index in [0.29, 0.717) is 5.89 Å². The largest absolute Gasteiger partial charge is 0.455 e. The van der Waals surface area contributed by atoms with Crippen molar-refractivity contribution in [2.24, 2.45) is 0 Å². The standard InChI is InChI=1S/C53H34N2O2/c1-3-11-35(12-4-1)37-23-27-42(28-24-37)55(43-29-25-38(26-30-43)36-13-5-2-6-14-36)44-31-32-49-47(34-44)51-46(33-41-15-7-8-16-45(41)52(51)56-49)39-19-21-40(22-20-39)53-54-48-17-9-10-18-50(48)57-53/h1-34H. The molecule has 0 amide bonds. The average molecular weight is 731 g/mol. The van der Waals surface area contributed by atoms with E-state index in [0.717, 1.165) is 77.6 Å². The highest BCUT2D eigenvalue weighted by molar-refractivity contribution is 6.21. The summed E-state index contributed by atoms with van der Waals surface area (Å²) < 4.78 is 12.9. The molecular weight excluding hydrogens is 697 g/mol. The highest BCUT2D eigenvalue weighted by Gasteiger charge is 2.20. The van der Waals surface area contributed by atoms with E-state index in [1.165, 1.54) is 22.3 Å². The van der Waals surface area contributed by atoms with E-state index in [9.17, 15) is 0 Å². The first-order valence-electron chi connectivity index (χ1n) is 19.2. The van der Waals surface area contributed by atoms with Crippen LogP contribution >= 0.6 is 0 Å². The summed E-state index contributed by atoms with van der Waals surface area (Å²) in [6.07, 6.45) is 0. The van der Waals surface area contributed by atoms with Gasteiger partial charge in [-0.3, -0.25) is 0 Å². The van der Waals surface area contributed by atoms with Crippen molar-refractivity contribution in [3.63, 3.8) is 0 Å². The third-order valence-electron chi connectivity index (χ3n) is 10.9. The van der Waals surface area contributed by atoms with Gasteiger partial charge in [-0.15, -0.1) is 0 Å². The summed E-state index contributed by atoms with van der Waals surface area (Å²) >= 11 is 0. The molecule has 4 heteroatoms. The number of fused-ring (bicyclic) bond motifs is 6. The van der Waals surface area contributed by atoms with Gasteiger partial charge in [0.05, 0.1) is 0 Å². The van der Waals surface area contributed by atoms with Crippen molar-refractivity contribution in [1.82, 2.24) is 4.98 Å². The van der Waals surface area contributed by atoms with Gasteiger partial charge in [0.25, 0.3) is 0 Å². The van der Waals surface area contributed by atoms with Gasteiger partial charge in [0.2, 0.25) is 5.89 Å². The molecule has 0 spiro atoms. The van der Waals surface area contributed by atoms with Gasteiger partial charge in [-0.2, -0.15) is 0 Å². The van der Waals surface area contributed by atoms with Crippen molar-refractivity contribution in [3.05, 3.63) is 206 Å². The van der Waals surface area contributed by atoms with Gasteiger partial charge in [-0.1, -0.05) is 133 Å². The van der Waals surface area contributed by atoms with E-state index in [4.69, 9.17) is 13.8 Å². The van der Waals surface area contributed by atoms with Crippen molar-refractivity contribution < 1.29 is 8.83 Å². The lowest BCUT2D eigenvalue weighted by Crippen LogP contribution is -2.09. The number of aromatic nitrogens is 1. The second-order valence-electron chi connectivity index (χ2n) is 14.4. The first kappa shape index (κ1) is 32.7. The zero-order valence-corrected chi connectivity index (χ0v) is 30.8. The molecule has 0 saturated heterocycles. The van der Waals surface area contributed by atoms with Crippen LogP contribution in [0, 0.1) is 0 Å². The van der Waals surface area contributed by atoms with E-state index < -0.39 is 0 Å². The van der Waals surface area contributed by atoms with Crippen molar-refractivity contribution in [2.45, 2.75) is 0 Å². The number of hydrogen-bond acceptors (Lipinski definition) is 4. The Morgan fingerprint density at radius 3 is 1.58 bits per heavy atom. The SMILES string of the molecule is c1ccc(-c2ccc(N(c3ccc(-c4ccccc4)cc3)c3ccc4oc5c6ccccc6cc(-c6ccc(-c7nc8ccccc8o7)cc6)c5c4c3)cc2)cc1. The summed E-state index contributed by atoms with van der Waals surface area (Å²) in [5.41, 5.74) is 14.4. The Bertz CT molecular complexity index is 3080. The van der Waals surface area contributed by atoms with Crippen LogP contribution in [-0.4, -0.2) is 4.98 Å². The van der Waals surface area contributed by atoms with E-state index >= 15 is 0 Å². The van der Waals surface area contributed by atoms with Crippen LogP contribution in [0.2, 0.25) is 0 Å². The summed E-state index contributed by atoms with van der Waals surface area (Å²) in [6, 6.07) is 72.4. The maximum Gasteiger partial charge on any atom is 0.227 e. The Morgan fingerprint density at radius 2 is 0.912 bits per heavy atom. The molecule has 0 unspecified atom stereocenters. The predicted octanol–water partition coefficient (Wildman–Crippen LogP) is 15.0. The Morgan fingerprint density at radius 1 is 0.368 bits per heavy atom. The molecule has 0 aliphatic carbocycles. The van der Waals surface area contributed by atoms with Gasteiger partial charge in [0.15, 0.2) is 5.58 Å². The zero-order chi connectivity index (χ0) is 37.7. The molecule has 0 aliphatic rings. The molecule has 0 atom stereocenters. The molecule has 2 heterocycles. The zero-order valence-electron chi connectivity index (χ0n) is 30.8. The fraction of sp³-hybridized carbons (Fsp3) is 0. The average Bonchev–Trinajstić information content (AvgIpc) is 3.90. The Labute approximate surface area is 329 Å². The lowest BCUT2D eigenvalue weighted by atomic mass is 9.94. The van der Waals surface area contributed by atoms with Crippen LogP contribution in [-0.2, 0) is 0 Å². The number of furan rings is 1. The molecule has 57 heavy (non-hydrogen) atoms.